The molecule has 0 saturated carbocycles. The van der Waals surface area contributed by atoms with Gasteiger partial charge in [0.25, 0.3) is 0 Å². The molecule has 0 spiro atoms. The summed E-state index contributed by atoms with van der Waals surface area (Å²) in [5.41, 5.74) is 1.31. The number of hydrogen-bond donors (Lipinski definition) is 0. The van der Waals surface area contributed by atoms with Crippen molar-refractivity contribution in [2.45, 2.75) is 12.5 Å². The van der Waals surface area contributed by atoms with Gasteiger partial charge in [0.05, 0.1) is 6.26 Å². The highest BCUT2D eigenvalue weighted by Gasteiger charge is 2.06. The van der Waals surface area contributed by atoms with Gasteiger partial charge in [0, 0.05) is 6.42 Å². The van der Waals surface area contributed by atoms with Gasteiger partial charge in [-0.25, -0.2) is 0 Å². The second-order valence-corrected chi connectivity index (χ2v) is 3.08. The molecule has 0 fully saturated rings. The van der Waals surface area contributed by atoms with E-state index in [1.807, 2.05) is 18.2 Å². The predicted molar refractivity (Wildman–Crippen MR) is 53.3 cm³/mol. The zero-order chi connectivity index (χ0) is 8.93. The van der Waals surface area contributed by atoms with Crippen LogP contribution in [0.5, 0.6) is 0 Å². The Balaban J connectivity index is 1.99. The normalized spacial score (nSPS) is 19.8. The molecule has 1 heterocycles. The average Bonchev–Trinajstić information content (AvgIpc) is 2.21. The highest BCUT2D eigenvalue weighted by molar-refractivity contribution is 5.18. The molecule has 2 rings (SSSR count). The molecule has 0 N–H and O–H groups in total. The number of benzene rings is 1. The number of hydrogen-bond acceptors (Lipinski definition) is 1. The SMILES string of the molecule is C1=COC(Cc2ccccc2)C=C1. The molecule has 1 aliphatic heterocycles. The zero-order valence-electron chi connectivity index (χ0n) is 7.39. The van der Waals surface area contributed by atoms with E-state index in [0.717, 1.165) is 6.42 Å². The molecular formula is C12H12O. The van der Waals surface area contributed by atoms with Gasteiger partial charge < -0.3 is 4.74 Å². The molecule has 0 aliphatic carbocycles. The van der Waals surface area contributed by atoms with Crippen molar-refractivity contribution >= 4 is 0 Å². The second-order valence-electron chi connectivity index (χ2n) is 3.08. The maximum atomic E-state index is 5.41. The van der Waals surface area contributed by atoms with Crippen molar-refractivity contribution < 1.29 is 4.74 Å². The molecule has 13 heavy (non-hydrogen) atoms. The van der Waals surface area contributed by atoms with Crippen LogP contribution in [-0.4, -0.2) is 6.10 Å². The third kappa shape index (κ3) is 2.22. The molecule has 66 valence electrons. The first kappa shape index (κ1) is 8.11. The lowest BCUT2D eigenvalue weighted by molar-refractivity contribution is 0.183. The van der Waals surface area contributed by atoms with E-state index in [4.69, 9.17) is 4.74 Å². The highest BCUT2D eigenvalue weighted by atomic mass is 16.5. The Morgan fingerprint density at radius 3 is 2.62 bits per heavy atom. The lowest BCUT2D eigenvalue weighted by atomic mass is 10.1. The van der Waals surface area contributed by atoms with Crippen molar-refractivity contribution in [2.75, 3.05) is 0 Å². The number of rotatable bonds is 2. The molecule has 1 unspecified atom stereocenters. The fraction of sp³-hybridized carbons (Fsp3) is 0.167. The Labute approximate surface area is 78.3 Å². The highest BCUT2D eigenvalue weighted by Crippen LogP contribution is 2.09. The molecule has 0 aromatic heterocycles. The van der Waals surface area contributed by atoms with Crippen molar-refractivity contribution in [2.24, 2.45) is 0 Å². The van der Waals surface area contributed by atoms with E-state index < -0.39 is 0 Å². The van der Waals surface area contributed by atoms with Gasteiger partial charge in [-0.05, 0) is 17.7 Å². The molecule has 1 atom stereocenters. The smallest absolute Gasteiger partial charge is 0.120 e. The third-order valence-electron chi connectivity index (χ3n) is 2.05. The summed E-state index contributed by atoms with van der Waals surface area (Å²) in [6.45, 7) is 0. The summed E-state index contributed by atoms with van der Waals surface area (Å²) in [5.74, 6) is 0. The van der Waals surface area contributed by atoms with Crippen molar-refractivity contribution in [3.8, 4) is 0 Å². The van der Waals surface area contributed by atoms with Gasteiger partial charge in [-0.2, -0.15) is 0 Å². The summed E-state index contributed by atoms with van der Waals surface area (Å²) in [4.78, 5) is 0. The van der Waals surface area contributed by atoms with Crippen molar-refractivity contribution in [1.82, 2.24) is 0 Å². The lowest BCUT2D eigenvalue weighted by Gasteiger charge is -2.14. The Kier molecular flexibility index (Phi) is 2.46. The summed E-state index contributed by atoms with van der Waals surface area (Å²) in [7, 11) is 0. The van der Waals surface area contributed by atoms with E-state index in [0.29, 0.717) is 0 Å². The molecule has 0 radical (unpaired) electrons. The average molecular weight is 172 g/mol. The van der Waals surface area contributed by atoms with E-state index in [1.54, 1.807) is 6.26 Å². The molecular weight excluding hydrogens is 160 g/mol. The topological polar surface area (TPSA) is 9.23 Å². The molecule has 1 heteroatoms. The second kappa shape index (κ2) is 3.94. The van der Waals surface area contributed by atoms with Crippen LogP contribution in [-0.2, 0) is 11.2 Å². The maximum Gasteiger partial charge on any atom is 0.120 e. The van der Waals surface area contributed by atoms with E-state index in [2.05, 4.69) is 30.3 Å². The Bertz CT molecular complexity index is 311. The standard InChI is InChI=1S/C12H12O/c1-2-6-11(7-3-1)10-12-8-4-5-9-13-12/h1-9,12H,10H2. The van der Waals surface area contributed by atoms with Crippen LogP contribution in [0.3, 0.4) is 0 Å². The van der Waals surface area contributed by atoms with Crippen LogP contribution < -0.4 is 0 Å². The minimum Gasteiger partial charge on any atom is -0.494 e. The van der Waals surface area contributed by atoms with Crippen LogP contribution in [0.2, 0.25) is 0 Å². The molecule has 0 bridgehead atoms. The summed E-state index contributed by atoms with van der Waals surface area (Å²) in [5, 5.41) is 0. The van der Waals surface area contributed by atoms with Crippen LogP contribution in [0.1, 0.15) is 5.56 Å². The van der Waals surface area contributed by atoms with E-state index in [9.17, 15) is 0 Å². The van der Waals surface area contributed by atoms with Gasteiger partial charge in [0.1, 0.15) is 6.10 Å². The minimum absolute atomic E-state index is 0.201. The Morgan fingerprint density at radius 2 is 1.92 bits per heavy atom. The predicted octanol–water partition coefficient (Wildman–Crippen LogP) is 2.70. The van der Waals surface area contributed by atoms with Gasteiger partial charge in [-0.3, -0.25) is 0 Å². The first-order valence-electron chi connectivity index (χ1n) is 4.48. The Hall–Kier alpha value is -1.50. The van der Waals surface area contributed by atoms with Gasteiger partial charge >= 0.3 is 0 Å². The van der Waals surface area contributed by atoms with Gasteiger partial charge in [-0.1, -0.05) is 36.4 Å². The summed E-state index contributed by atoms with van der Waals surface area (Å²) in [6.07, 6.45) is 8.90. The van der Waals surface area contributed by atoms with Crippen LogP contribution in [0.25, 0.3) is 0 Å². The van der Waals surface area contributed by atoms with Crippen LogP contribution in [0.15, 0.2) is 54.8 Å². The van der Waals surface area contributed by atoms with Gasteiger partial charge in [0.2, 0.25) is 0 Å². The third-order valence-corrected chi connectivity index (χ3v) is 2.05. The monoisotopic (exact) mass is 172 g/mol. The molecule has 0 saturated heterocycles. The first-order chi connectivity index (χ1) is 6.45. The van der Waals surface area contributed by atoms with Crippen LogP contribution in [0.4, 0.5) is 0 Å². The number of ether oxygens (including phenoxy) is 1. The lowest BCUT2D eigenvalue weighted by Crippen LogP contribution is -2.11. The molecule has 1 aliphatic rings. The van der Waals surface area contributed by atoms with Crippen molar-refractivity contribution in [1.29, 1.82) is 0 Å². The minimum atomic E-state index is 0.201. The zero-order valence-corrected chi connectivity index (χ0v) is 7.39. The maximum absolute atomic E-state index is 5.41. The largest absolute Gasteiger partial charge is 0.494 e. The molecule has 1 nitrogen and oxygen atoms in total. The summed E-state index contributed by atoms with van der Waals surface area (Å²) >= 11 is 0. The molecule has 0 amide bonds. The molecule has 1 aromatic rings. The van der Waals surface area contributed by atoms with Crippen LogP contribution >= 0.6 is 0 Å². The van der Waals surface area contributed by atoms with E-state index >= 15 is 0 Å². The number of allylic oxidation sites excluding steroid dienone is 2. The summed E-state index contributed by atoms with van der Waals surface area (Å²) in [6, 6.07) is 10.4. The van der Waals surface area contributed by atoms with Crippen molar-refractivity contribution in [3.63, 3.8) is 0 Å². The van der Waals surface area contributed by atoms with E-state index in [-0.39, 0.29) is 6.10 Å². The van der Waals surface area contributed by atoms with Gasteiger partial charge in [0.15, 0.2) is 0 Å². The fourth-order valence-electron chi connectivity index (χ4n) is 1.39. The van der Waals surface area contributed by atoms with Gasteiger partial charge in [-0.15, -0.1) is 0 Å². The van der Waals surface area contributed by atoms with Crippen molar-refractivity contribution in [3.05, 3.63) is 60.4 Å². The molecule has 1 aromatic carbocycles. The van der Waals surface area contributed by atoms with Crippen LogP contribution in [0, 0.1) is 0 Å². The Morgan fingerprint density at radius 1 is 1.08 bits per heavy atom. The summed E-state index contributed by atoms with van der Waals surface area (Å²) < 4.78 is 5.41. The first-order valence-corrected chi connectivity index (χ1v) is 4.48. The quantitative estimate of drug-likeness (QED) is 0.666. The van der Waals surface area contributed by atoms with E-state index in [1.165, 1.54) is 5.56 Å². The fourth-order valence-corrected chi connectivity index (χ4v) is 1.39.